The minimum atomic E-state index is -3.11. The van der Waals surface area contributed by atoms with E-state index < -0.39 is 10.0 Å². The Kier molecular flexibility index (Phi) is 4.41. The molecule has 0 spiro atoms. The molecule has 0 saturated carbocycles. The first kappa shape index (κ1) is 13.3. The quantitative estimate of drug-likeness (QED) is 0.760. The van der Waals surface area contributed by atoms with Gasteiger partial charge in [-0.15, -0.1) is 0 Å². The van der Waals surface area contributed by atoms with Gasteiger partial charge in [0.05, 0.1) is 11.9 Å². The van der Waals surface area contributed by atoms with Crippen molar-refractivity contribution >= 4 is 10.0 Å². The average Bonchev–Trinajstić information content (AvgIpc) is 2.88. The molecule has 2 unspecified atom stereocenters. The van der Waals surface area contributed by atoms with E-state index in [-0.39, 0.29) is 11.9 Å². The Morgan fingerprint density at radius 2 is 2.24 bits per heavy atom. The van der Waals surface area contributed by atoms with E-state index in [2.05, 4.69) is 5.32 Å². The number of rotatable bonds is 5. The summed E-state index contributed by atoms with van der Waals surface area (Å²) in [4.78, 5) is 0. The summed E-state index contributed by atoms with van der Waals surface area (Å²) in [7, 11) is -1.21. The third-order valence-corrected chi connectivity index (χ3v) is 5.47. The summed E-state index contributed by atoms with van der Waals surface area (Å²) in [6, 6.07) is 0. The van der Waals surface area contributed by atoms with Gasteiger partial charge in [0.1, 0.15) is 0 Å². The van der Waals surface area contributed by atoms with Crippen molar-refractivity contribution in [1.82, 2.24) is 9.62 Å². The zero-order valence-corrected chi connectivity index (χ0v) is 11.2. The molecule has 5 nitrogen and oxygen atoms in total. The fraction of sp³-hybridized carbons (Fsp3) is 1.00. The number of nitrogens with zero attached hydrogens (tertiary/aromatic N) is 1. The predicted octanol–water partition coefficient (Wildman–Crippen LogP) is 0.0365. The van der Waals surface area contributed by atoms with Crippen molar-refractivity contribution in [3.63, 3.8) is 0 Å². The van der Waals surface area contributed by atoms with Gasteiger partial charge in [0.2, 0.25) is 10.0 Å². The molecule has 0 amide bonds. The zero-order valence-electron chi connectivity index (χ0n) is 10.4. The third kappa shape index (κ3) is 3.40. The van der Waals surface area contributed by atoms with Crippen LogP contribution >= 0.6 is 0 Å². The maximum atomic E-state index is 12.2. The van der Waals surface area contributed by atoms with Crippen LogP contribution in [-0.4, -0.2) is 57.9 Å². The summed E-state index contributed by atoms with van der Waals surface area (Å²) >= 11 is 0. The van der Waals surface area contributed by atoms with E-state index in [1.54, 1.807) is 4.31 Å². The van der Waals surface area contributed by atoms with Crippen molar-refractivity contribution in [1.29, 1.82) is 0 Å². The number of ether oxygens (including phenoxy) is 1. The van der Waals surface area contributed by atoms with Crippen LogP contribution in [0.15, 0.2) is 0 Å². The molecule has 100 valence electrons. The molecule has 2 fully saturated rings. The SMILES string of the molecule is CNCC1CCN(S(=O)(=O)CC2CCCO2)C1. The topological polar surface area (TPSA) is 58.6 Å². The highest BCUT2D eigenvalue weighted by Gasteiger charge is 2.33. The summed E-state index contributed by atoms with van der Waals surface area (Å²) in [6.45, 7) is 2.94. The van der Waals surface area contributed by atoms with Crippen molar-refractivity contribution < 1.29 is 13.2 Å². The van der Waals surface area contributed by atoms with Crippen LogP contribution in [0.5, 0.6) is 0 Å². The Morgan fingerprint density at radius 1 is 1.41 bits per heavy atom. The van der Waals surface area contributed by atoms with Gasteiger partial charge in [-0.25, -0.2) is 12.7 Å². The molecule has 2 aliphatic rings. The fourth-order valence-electron chi connectivity index (χ4n) is 2.62. The molecule has 2 heterocycles. The van der Waals surface area contributed by atoms with E-state index in [9.17, 15) is 8.42 Å². The first-order valence-corrected chi connectivity index (χ1v) is 7.97. The Balaban J connectivity index is 1.87. The van der Waals surface area contributed by atoms with Gasteiger partial charge in [0, 0.05) is 19.7 Å². The molecule has 2 rings (SSSR count). The number of nitrogens with one attached hydrogen (secondary N) is 1. The Morgan fingerprint density at radius 3 is 2.88 bits per heavy atom. The molecule has 17 heavy (non-hydrogen) atoms. The maximum Gasteiger partial charge on any atom is 0.216 e. The van der Waals surface area contributed by atoms with Gasteiger partial charge in [-0.2, -0.15) is 0 Å². The van der Waals surface area contributed by atoms with E-state index in [4.69, 9.17) is 4.74 Å². The lowest BCUT2D eigenvalue weighted by molar-refractivity contribution is 0.126. The molecular weight excluding hydrogens is 240 g/mol. The number of hydrogen-bond donors (Lipinski definition) is 1. The summed E-state index contributed by atoms with van der Waals surface area (Å²) in [5, 5.41) is 3.11. The van der Waals surface area contributed by atoms with Gasteiger partial charge >= 0.3 is 0 Å². The highest BCUT2D eigenvalue weighted by Crippen LogP contribution is 2.22. The van der Waals surface area contributed by atoms with Crippen molar-refractivity contribution in [3.8, 4) is 0 Å². The lowest BCUT2D eigenvalue weighted by Crippen LogP contribution is -2.35. The van der Waals surface area contributed by atoms with Crippen LogP contribution in [0, 0.1) is 5.92 Å². The molecule has 6 heteroatoms. The first-order valence-electron chi connectivity index (χ1n) is 6.36. The molecule has 1 N–H and O–H groups in total. The summed E-state index contributed by atoms with van der Waals surface area (Å²) in [6.07, 6.45) is 2.75. The van der Waals surface area contributed by atoms with Crippen LogP contribution in [0.2, 0.25) is 0 Å². The molecule has 0 radical (unpaired) electrons. The highest BCUT2D eigenvalue weighted by molar-refractivity contribution is 7.89. The van der Waals surface area contributed by atoms with Crippen LogP contribution < -0.4 is 5.32 Å². The molecule has 0 aromatic heterocycles. The Labute approximate surface area is 104 Å². The second kappa shape index (κ2) is 5.65. The first-order chi connectivity index (χ1) is 8.12. The van der Waals surface area contributed by atoms with Crippen molar-refractivity contribution in [2.24, 2.45) is 5.92 Å². The van der Waals surface area contributed by atoms with Gasteiger partial charge in [-0.1, -0.05) is 0 Å². The minimum absolute atomic E-state index is 0.0802. The molecule has 0 aliphatic carbocycles. The molecule has 2 saturated heterocycles. The van der Waals surface area contributed by atoms with E-state index in [0.29, 0.717) is 25.6 Å². The van der Waals surface area contributed by atoms with Crippen molar-refractivity contribution in [3.05, 3.63) is 0 Å². The fourth-order valence-corrected chi connectivity index (χ4v) is 4.39. The third-order valence-electron chi connectivity index (χ3n) is 3.56. The van der Waals surface area contributed by atoms with Crippen LogP contribution in [0.3, 0.4) is 0 Å². The average molecular weight is 262 g/mol. The Bertz CT molecular complexity index is 339. The number of hydrogen-bond acceptors (Lipinski definition) is 4. The second-order valence-electron chi connectivity index (χ2n) is 4.98. The van der Waals surface area contributed by atoms with E-state index in [1.807, 2.05) is 7.05 Å². The number of sulfonamides is 1. The molecule has 2 atom stereocenters. The summed E-state index contributed by atoms with van der Waals surface area (Å²) < 4.78 is 31.4. The van der Waals surface area contributed by atoms with E-state index in [1.165, 1.54) is 0 Å². The lowest BCUT2D eigenvalue weighted by Gasteiger charge is -2.18. The summed E-state index contributed by atoms with van der Waals surface area (Å²) in [5.74, 6) is 0.624. The standard InChI is InChI=1S/C11H22N2O3S/c1-12-7-10-4-5-13(8-10)17(14,15)9-11-3-2-6-16-11/h10-12H,2-9H2,1H3. The van der Waals surface area contributed by atoms with Crippen LogP contribution in [0.1, 0.15) is 19.3 Å². The zero-order chi connectivity index (χ0) is 12.3. The van der Waals surface area contributed by atoms with Crippen molar-refractivity contribution in [2.75, 3.05) is 39.0 Å². The molecule has 0 aromatic carbocycles. The predicted molar refractivity (Wildman–Crippen MR) is 66.4 cm³/mol. The van der Waals surface area contributed by atoms with Crippen LogP contribution in [-0.2, 0) is 14.8 Å². The second-order valence-corrected chi connectivity index (χ2v) is 7.00. The monoisotopic (exact) mass is 262 g/mol. The minimum Gasteiger partial charge on any atom is -0.377 e. The van der Waals surface area contributed by atoms with Gasteiger partial charge < -0.3 is 10.1 Å². The molecule has 0 bridgehead atoms. The molecule has 0 aromatic rings. The Hall–Kier alpha value is -0.170. The van der Waals surface area contributed by atoms with Gasteiger partial charge in [0.15, 0.2) is 0 Å². The van der Waals surface area contributed by atoms with Crippen LogP contribution in [0.4, 0.5) is 0 Å². The van der Waals surface area contributed by atoms with Crippen molar-refractivity contribution in [2.45, 2.75) is 25.4 Å². The summed E-state index contributed by atoms with van der Waals surface area (Å²) in [5.41, 5.74) is 0. The smallest absolute Gasteiger partial charge is 0.216 e. The van der Waals surface area contributed by atoms with Gasteiger partial charge in [-0.3, -0.25) is 0 Å². The van der Waals surface area contributed by atoms with E-state index in [0.717, 1.165) is 25.8 Å². The van der Waals surface area contributed by atoms with Crippen LogP contribution in [0.25, 0.3) is 0 Å². The normalized spacial score (nSPS) is 31.1. The van der Waals surface area contributed by atoms with E-state index >= 15 is 0 Å². The lowest BCUT2D eigenvalue weighted by atomic mass is 10.1. The molecule has 2 aliphatic heterocycles. The van der Waals surface area contributed by atoms with Gasteiger partial charge in [0.25, 0.3) is 0 Å². The maximum absolute atomic E-state index is 12.2. The largest absolute Gasteiger partial charge is 0.377 e. The highest BCUT2D eigenvalue weighted by atomic mass is 32.2. The molecular formula is C11H22N2O3S. The van der Waals surface area contributed by atoms with Gasteiger partial charge in [-0.05, 0) is 38.8 Å².